The van der Waals surface area contributed by atoms with E-state index in [9.17, 15) is 4.79 Å². The number of methoxy groups -OCH3 is 1. The molecule has 1 heterocycles. The minimum Gasteiger partial charge on any atom is -0.497 e. The van der Waals surface area contributed by atoms with E-state index in [0.717, 1.165) is 24.5 Å². The Kier molecular flexibility index (Phi) is 6.41. The molecular formula is C21H26N2O4. The second-order valence-electron chi connectivity index (χ2n) is 6.23. The molecular weight excluding hydrogens is 344 g/mol. The van der Waals surface area contributed by atoms with Crippen LogP contribution in [0.2, 0.25) is 0 Å². The van der Waals surface area contributed by atoms with E-state index in [-0.39, 0.29) is 12.5 Å². The maximum Gasteiger partial charge on any atom is 0.260 e. The van der Waals surface area contributed by atoms with Crippen LogP contribution in [-0.2, 0) is 4.79 Å². The number of amides is 1. The Hall–Kier alpha value is -2.89. The molecule has 0 aromatic heterocycles. The van der Waals surface area contributed by atoms with Gasteiger partial charge >= 0.3 is 0 Å². The van der Waals surface area contributed by atoms with Gasteiger partial charge in [0.2, 0.25) is 0 Å². The normalized spacial score (nSPS) is 14.0. The summed E-state index contributed by atoms with van der Waals surface area (Å²) >= 11 is 0. The molecule has 144 valence electrons. The third kappa shape index (κ3) is 4.84. The molecule has 0 atom stereocenters. The van der Waals surface area contributed by atoms with Gasteiger partial charge in [0.25, 0.3) is 5.91 Å². The molecule has 0 N–H and O–H groups in total. The zero-order valence-electron chi connectivity index (χ0n) is 15.9. The first kappa shape index (κ1) is 18.9. The van der Waals surface area contributed by atoms with Crippen LogP contribution in [0.5, 0.6) is 17.2 Å². The highest BCUT2D eigenvalue weighted by Gasteiger charge is 2.22. The highest BCUT2D eigenvalue weighted by molar-refractivity contribution is 5.78. The van der Waals surface area contributed by atoms with Crippen LogP contribution in [-0.4, -0.2) is 57.3 Å². The third-order valence-corrected chi connectivity index (χ3v) is 4.57. The van der Waals surface area contributed by atoms with Crippen molar-refractivity contribution in [3.8, 4) is 17.2 Å². The Labute approximate surface area is 160 Å². The van der Waals surface area contributed by atoms with Crippen molar-refractivity contribution in [3.05, 3.63) is 48.5 Å². The fraction of sp³-hybridized carbons (Fsp3) is 0.381. The Morgan fingerprint density at radius 1 is 0.926 bits per heavy atom. The maximum atomic E-state index is 12.5. The molecule has 6 heteroatoms. The van der Waals surface area contributed by atoms with Crippen LogP contribution in [0.4, 0.5) is 5.69 Å². The molecule has 1 saturated heterocycles. The summed E-state index contributed by atoms with van der Waals surface area (Å²) in [6, 6.07) is 15.4. The van der Waals surface area contributed by atoms with Crippen LogP contribution in [0.15, 0.2) is 48.5 Å². The predicted molar refractivity (Wildman–Crippen MR) is 105 cm³/mol. The summed E-state index contributed by atoms with van der Waals surface area (Å²) in [5.41, 5.74) is 1.14. The Morgan fingerprint density at radius 3 is 2.15 bits per heavy atom. The number of anilines is 1. The summed E-state index contributed by atoms with van der Waals surface area (Å²) in [4.78, 5) is 16.6. The van der Waals surface area contributed by atoms with Gasteiger partial charge in [-0.3, -0.25) is 4.79 Å². The standard InChI is InChI=1S/C21H26N2O4/c1-3-26-19-6-4-5-7-20(19)27-16-21(24)23-14-12-22(13-15-23)17-8-10-18(25-2)11-9-17/h4-11H,3,12-16H2,1-2H3. The number of benzene rings is 2. The molecule has 2 aromatic carbocycles. The van der Waals surface area contributed by atoms with E-state index in [4.69, 9.17) is 14.2 Å². The van der Waals surface area contributed by atoms with Gasteiger partial charge in [0.15, 0.2) is 18.1 Å². The Bertz CT molecular complexity index is 740. The van der Waals surface area contributed by atoms with Gasteiger partial charge in [0, 0.05) is 31.9 Å². The van der Waals surface area contributed by atoms with E-state index >= 15 is 0 Å². The van der Waals surface area contributed by atoms with Crippen molar-refractivity contribution in [3.63, 3.8) is 0 Å². The fourth-order valence-corrected chi connectivity index (χ4v) is 3.08. The number of hydrogen-bond acceptors (Lipinski definition) is 5. The summed E-state index contributed by atoms with van der Waals surface area (Å²) in [5, 5.41) is 0. The summed E-state index contributed by atoms with van der Waals surface area (Å²) < 4.78 is 16.4. The molecule has 1 aliphatic heterocycles. The van der Waals surface area contributed by atoms with Gasteiger partial charge in [-0.15, -0.1) is 0 Å². The first-order chi connectivity index (χ1) is 13.2. The zero-order chi connectivity index (χ0) is 19.1. The van der Waals surface area contributed by atoms with Crippen molar-refractivity contribution in [2.75, 3.05) is 51.4 Å². The van der Waals surface area contributed by atoms with Crippen molar-refractivity contribution in [2.24, 2.45) is 0 Å². The molecule has 0 saturated carbocycles. The number of para-hydroxylation sites is 2. The van der Waals surface area contributed by atoms with Gasteiger partial charge in [-0.1, -0.05) is 12.1 Å². The lowest BCUT2D eigenvalue weighted by atomic mass is 10.2. The van der Waals surface area contributed by atoms with Crippen LogP contribution >= 0.6 is 0 Å². The molecule has 1 fully saturated rings. The van der Waals surface area contributed by atoms with Gasteiger partial charge in [0.1, 0.15) is 5.75 Å². The highest BCUT2D eigenvalue weighted by Crippen LogP contribution is 2.26. The minimum absolute atomic E-state index is 0.00400. The van der Waals surface area contributed by atoms with E-state index in [2.05, 4.69) is 4.90 Å². The lowest BCUT2D eigenvalue weighted by molar-refractivity contribution is -0.133. The van der Waals surface area contributed by atoms with Crippen LogP contribution < -0.4 is 19.1 Å². The lowest BCUT2D eigenvalue weighted by Crippen LogP contribution is -2.50. The van der Waals surface area contributed by atoms with Gasteiger partial charge in [-0.25, -0.2) is 0 Å². The number of ether oxygens (including phenoxy) is 3. The molecule has 1 amide bonds. The van der Waals surface area contributed by atoms with Crippen LogP contribution in [0.25, 0.3) is 0 Å². The fourth-order valence-electron chi connectivity index (χ4n) is 3.08. The predicted octanol–water partition coefficient (Wildman–Crippen LogP) is 2.82. The third-order valence-electron chi connectivity index (χ3n) is 4.57. The van der Waals surface area contributed by atoms with Crippen LogP contribution in [0, 0.1) is 0 Å². The Balaban J connectivity index is 1.50. The van der Waals surface area contributed by atoms with E-state index in [1.54, 1.807) is 7.11 Å². The van der Waals surface area contributed by atoms with E-state index < -0.39 is 0 Å². The van der Waals surface area contributed by atoms with Crippen molar-refractivity contribution in [1.82, 2.24) is 4.90 Å². The van der Waals surface area contributed by atoms with Gasteiger partial charge in [0.05, 0.1) is 13.7 Å². The molecule has 6 nitrogen and oxygen atoms in total. The number of piperazine rings is 1. The molecule has 0 unspecified atom stereocenters. The van der Waals surface area contributed by atoms with Gasteiger partial charge < -0.3 is 24.0 Å². The molecule has 0 spiro atoms. The van der Waals surface area contributed by atoms with Crippen molar-refractivity contribution in [1.29, 1.82) is 0 Å². The molecule has 0 radical (unpaired) electrons. The highest BCUT2D eigenvalue weighted by atomic mass is 16.5. The quantitative estimate of drug-likeness (QED) is 0.750. The van der Waals surface area contributed by atoms with E-state index in [1.165, 1.54) is 0 Å². The van der Waals surface area contributed by atoms with Crippen molar-refractivity contribution >= 4 is 11.6 Å². The summed E-state index contributed by atoms with van der Waals surface area (Å²) in [5.74, 6) is 2.11. The molecule has 0 aliphatic carbocycles. The van der Waals surface area contributed by atoms with E-state index in [0.29, 0.717) is 31.2 Å². The number of carbonyl (C=O) groups excluding carboxylic acids is 1. The monoisotopic (exact) mass is 370 g/mol. The van der Waals surface area contributed by atoms with Gasteiger partial charge in [-0.2, -0.15) is 0 Å². The van der Waals surface area contributed by atoms with E-state index in [1.807, 2.05) is 60.4 Å². The molecule has 3 rings (SSSR count). The Morgan fingerprint density at radius 2 is 1.56 bits per heavy atom. The number of rotatable bonds is 7. The first-order valence-electron chi connectivity index (χ1n) is 9.22. The maximum absolute atomic E-state index is 12.5. The topological polar surface area (TPSA) is 51.2 Å². The number of hydrogen-bond donors (Lipinski definition) is 0. The summed E-state index contributed by atoms with van der Waals surface area (Å²) in [6.45, 7) is 5.46. The second-order valence-corrected chi connectivity index (χ2v) is 6.23. The average Bonchev–Trinajstić information content (AvgIpc) is 2.73. The van der Waals surface area contributed by atoms with Gasteiger partial charge in [-0.05, 0) is 43.3 Å². The molecule has 1 aliphatic rings. The van der Waals surface area contributed by atoms with Crippen molar-refractivity contribution in [2.45, 2.75) is 6.92 Å². The first-order valence-corrected chi connectivity index (χ1v) is 9.22. The number of nitrogens with zero attached hydrogens (tertiary/aromatic N) is 2. The van der Waals surface area contributed by atoms with Crippen LogP contribution in [0.3, 0.4) is 0 Å². The second kappa shape index (κ2) is 9.16. The number of carbonyl (C=O) groups is 1. The molecule has 27 heavy (non-hydrogen) atoms. The molecule has 0 bridgehead atoms. The largest absolute Gasteiger partial charge is 0.497 e. The molecule has 2 aromatic rings. The lowest BCUT2D eigenvalue weighted by Gasteiger charge is -2.36. The summed E-state index contributed by atoms with van der Waals surface area (Å²) in [6.07, 6.45) is 0. The van der Waals surface area contributed by atoms with Crippen LogP contribution in [0.1, 0.15) is 6.92 Å². The smallest absolute Gasteiger partial charge is 0.260 e. The average molecular weight is 370 g/mol. The SMILES string of the molecule is CCOc1ccccc1OCC(=O)N1CCN(c2ccc(OC)cc2)CC1. The summed E-state index contributed by atoms with van der Waals surface area (Å²) in [7, 11) is 1.66. The minimum atomic E-state index is -0.00400. The van der Waals surface area contributed by atoms with Crippen molar-refractivity contribution < 1.29 is 19.0 Å². The zero-order valence-corrected chi connectivity index (χ0v) is 15.9.